The van der Waals surface area contributed by atoms with E-state index in [2.05, 4.69) is 0 Å². The van der Waals surface area contributed by atoms with Crippen molar-refractivity contribution in [2.24, 2.45) is 0 Å². The minimum Gasteiger partial charge on any atom is -0.483 e. The predicted molar refractivity (Wildman–Crippen MR) is 119 cm³/mol. The first-order valence-corrected chi connectivity index (χ1v) is 11.1. The largest absolute Gasteiger partial charge is 0.483 e. The summed E-state index contributed by atoms with van der Waals surface area (Å²) < 4.78 is 33.1. The Morgan fingerprint density at radius 1 is 0.900 bits per heavy atom. The van der Waals surface area contributed by atoms with Gasteiger partial charge in [-0.3, -0.25) is 4.79 Å². The summed E-state index contributed by atoms with van der Waals surface area (Å²) in [6.07, 6.45) is 0. The van der Waals surface area contributed by atoms with Crippen molar-refractivity contribution in [2.45, 2.75) is 25.7 Å². The Bertz CT molecular complexity index is 1160. The summed E-state index contributed by atoms with van der Waals surface area (Å²) in [5, 5.41) is 0.550. The van der Waals surface area contributed by atoms with Gasteiger partial charge >= 0.3 is 0 Å². The van der Waals surface area contributed by atoms with E-state index in [9.17, 15) is 13.2 Å². The second-order valence-electron chi connectivity index (χ2n) is 7.01. The van der Waals surface area contributed by atoms with Gasteiger partial charge in [0.1, 0.15) is 5.75 Å². The monoisotopic (exact) mass is 443 g/mol. The van der Waals surface area contributed by atoms with E-state index in [-0.39, 0.29) is 10.6 Å². The van der Waals surface area contributed by atoms with Crippen molar-refractivity contribution < 1.29 is 17.9 Å². The van der Waals surface area contributed by atoms with Crippen LogP contribution in [-0.4, -0.2) is 20.9 Å². The van der Waals surface area contributed by atoms with E-state index in [1.54, 1.807) is 61.5 Å². The van der Waals surface area contributed by atoms with Crippen molar-refractivity contribution in [2.75, 3.05) is 10.9 Å². The number of aryl methyl sites for hydroxylation is 3. The third-order valence-electron chi connectivity index (χ3n) is 4.54. The third-order valence-corrected chi connectivity index (χ3v) is 6.54. The fourth-order valence-corrected chi connectivity index (χ4v) is 4.52. The Kier molecular flexibility index (Phi) is 6.48. The van der Waals surface area contributed by atoms with Crippen LogP contribution in [0.1, 0.15) is 16.7 Å². The molecule has 0 N–H and O–H groups in total. The molecule has 0 aromatic heterocycles. The van der Waals surface area contributed by atoms with Gasteiger partial charge in [-0.25, -0.2) is 8.42 Å². The molecule has 3 rings (SSSR count). The molecule has 0 saturated carbocycles. The number of rotatable bonds is 6. The SMILES string of the molecule is Cc1ccc(N(C(=O)COc2ccc(Cl)cc2C)S(=O)(=O)c2ccc(C)cc2)cc1. The zero-order valence-electron chi connectivity index (χ0n) is 16.9. The summed E-state index contributed by atoms with van der Waals surface area (Å²) in [4.78, 5) is 13.1. The Morgan fingerprint density at radius 2 is 1.47 bits per heavy atom. The van der Waals surface area contributed by atoms with Gasteiger partial charge in [0.2, 0.25) is 0 Å². The second-order valence-corrected chi connectivity index (χ2v) is 9.23. The molecule has 30 heavy (non-hydrogen) atoms. The maximum Gasteiger partial charge on any atom is 0.278 e. The lowest BCUT2D eigenvalue weighted by Gasteiger charge is -2.23. The minimum absolute atomic E-state index is 0.0321. The third kappa shape index (κ3) is 4.83. The molecule has 0 radical (unpaired) electrons. The molecule has 156 valence electrons. The average Bonchev–Trinajstić information content (AvgIpc) is 2.69. The number of carbonyl (C=O) groups excluding carboxylic acids is 1. The summed E-state index contributed by atoms with van der Waals surface area (Å²) >= 11 is 5.95. The fraction of sp³-hybridized carbons (Fsp3) is 0.174. The summed E-state index contributed by atoms with van der Waals surface area (Å²) in [6.45, 7) is 5.10. The molecular formula is C23H22ClNO4S. The number of amides is 1. The maximum atomic E-state index is 13.3. The van der Waals surface area contributed by atoms with Gasteiger partial charge in [0, 0.05) is 5.02 Å². The molecule has 7 heteroatoms. The summed E-state index contributed by atoms with van der Waals surface area (Å²) in [5.41, 5.74) is 2.87. The van der Waals surface area contributed by atoms with Crippen LogP contribution in [0.4, 0.5) is 5.69 Å². The predicted octanol–water partition coefficient (Wildman–Crippen LogP) is 5.07. The highest BCUT2D eigenvalue weighted by atomic mass is 35.5. The van der Waals surface area contributed by atoms with Crippen molar-refractivity contribution in [3.05, 3.63) is 88.4 Å². The number of carbonyl (C=O) groups is 1. The van der Waals surface area contributed by atoms with Crippen LogP contribution in [-0.2, 0) is 14.8 Å². The summed E-state index contributed by atoms with van der Waals surface area (Å²) in [7, 11) is -4.12. The Labute approximate surface area is 181 Å². The van der Waals surface area contributed by atoms with Crippen molar-refractivity contribution in [3.63, 3.8) is 0 Å². The molecule has 3 aromatic rings. The standard InChI is InChI=1S/C23H22ClNO4S/c1-16-4-9-20(10-5-16)25(30(27,28)21-11-6-17(2)7-12-21)23(26)15-29-22-13-8-19(24)14-18(22)3/h4-14H,15H2,1-3H3. The summed E-state index contributed by atoms with van der Waals surface area (Å²) in [5.74, 6) is -0.238. The van der Waals surface area contributed by atoms with Gasteiger partial charge in [-0.1, -0.05) is 47.0 Å². The highest BCUT2D eigenvalue weighted by Gasteiger charge is 2.31. The van der Waals surface area contributed by atoms with Crippen LogP contribution in [0.3, 0.4) is 0 Å². The molecule has 0 bridgehead atoms. The topological polar surface area (TPSA) is 63.7 Å². The van der Waals surface area contributed by atoms with Crippen molar-refractivity contribution >= 4 is 33.2 Å². The highest BCUT2D eigenvalue weighted by molar-refractivity contribution is 7.93. The van der Waals surface area contributed by atoms with Crippen molar-refractivity contribution in [3.8, 4) is 5.75 Å². The molecule has 0 aliphatic heterocycles. The lowest BCUT2D eigenvalue weighted by Crippen LogP contribution is -2.40. The molecule has 0 unspecified atom stereocenters. The number of nitrogens with zero attached hydrogens (tertiary/aromatic N) is 1. The van der Waals surface area contributed by atoms with E-state index in [1.165, 1.54) is 12.1 Å². The number of hydrogen-bond donors (Lipinski definition) is 0. The van der Waals surface area contributed by atoms with Crippen LogP contribution in [0.15, 0.2) is 71.6 Å². The first-order chi connectivity index (χ1) is 14.2. The van der Waals surface area contributed by atoms with Gasteiger partial charge in [-0.05, 0) is 68.8 Å². The highest BCUT2D eigenvalue weighted by Crippen LogP contribution is 2.26. The van der Waals surface area contributed by atoms with E-state index in [0.717, 1.165) is 21.0 Å². The fourth-order valence-electron chi connectivity index (χ4n) is 2.89. The van der Waals surface area contributed by atoms with Gasteiger partial charge < -0.3 is 4.74 Å². The molecule has 0 spiro atoms. The molecule has 3 aromatic carbocycles. The molecular weight excluding hydrogens is 422 g/mol. The number of halogens is 1. The van der Waals surface area contributed by atoms with Crippen molar-refractivity contribution in [1.82, 2.24) is 0 Å². The Hall–Kier alpha value is -2.83. The number of ether oxygens (including phenoxy) is 1. The lowest BCUT2D eigenvalue weighted by molar-refractivity contribution is -0.119. The molecule has 0 fully saturated rings. The number of sulfonamides is 1. The number of hydrogen-bond acceptors (Lipinski definition) is 4. The van der Waals surface area contributed by atoms with E-state index >= 15 is 0 Å². The van der Waals surface area contributed by atoms with Crippen LogP contribution < -0.4 is 9.04 Å². The molecule has 0 aliphatic rings. The minimum atomic E-state index is -4.12. The molecule has 0 aliphatic carbocycles. The first kappa shape index (κ1) is 21.9. The van der Waals surface area contributed by atoms with Gasteiger partial charge in [-0.15, -0.1) is 0 Å². The van der Waals surface area contributed by atoms with Crippen LogP contribution >= 0.6 is 11.6 Å². The van der Waals surface area contributed by atoms with Crippen LogP contribution in [0.25, 0.3) is 0 Å². The second kappa shape index (κ2) is 8.90. The number of anilines is 1. The average molecular weight is 444 g/mol. The smallest absolute Gasteiger partial charge is 0.278 e. The molecule has 1 amide bonds. The van der Waals surface area contributed by atoms with Crippen LogP contribution in [0, 0.1) is 20.8 Å². The van der Waals surface area contributed by atoms with E-state index in [1.807, 2.05) is 13.8 Å². The van der Waals surface area contributed by atoms with Gasteiger partial charge in [0.25, 0.3) is 15.9 Å². The van der Waals surface area contributed by atoms with Gasteiger partial charge in [0.05, 0.1) is 10.6 Å². The van der Waals surface area contributed by atoms with E-state index in [0.29, 0.717) is 10.8 Å². The van der Waals surface area contributed by atoms with E-state index < -0.39 is 22.5 Å². The van der Waals surface area contributed by atoms with Crippen LogP contribution in [0.5, 0.6) is 5.75 Å². The molecule has 0 atom stereocenters. The van der Waals surface area contributed by atoms with Crippen molar-refractivity contribution in [1.29, 1.82) is 0 Å². The Morgan fingerprint density at radius 3 is 2.03 bits per heavy atom. The zero-order valence-corrected chi connectivity index (χ0v) is 18.5. The lowest BCUT2D eigenvalue weighted by atomic mass is 10.2. The molecule has 0 saturated heterocycles. The van der Waals surface area contributed by atoms with E-state index in [4.69, 9.17) is 16.3 Å². The van der Waals surface area contributed by atoms with Gasteiger partial charge in [-0.2, -0.15) is 4.31 Å². The normalized spacial score (nSPS) is 11.2. The molecule has 5 nitrogen and oxygen atoms in total. The van der Waals surface area contributed by atoms with Crippen LogP contribution in [0.2, 0.25) is 5.02 Å². The zero-order chi connectivity index (χ0) is 21.9. The Balaban J connectivity index is 1.95. The first-order valence-electron chi connectivity index (χ1n) is 9.29. The molecule has 0 heterocycles. The quantitative estimate of drug-likeness (QED) is 0.533. The summed E-state index contributed by atoms with van der Waals surface area (Å²) in [6, 6.07) is 18.1. The van der Waals surface area contributed by atoms with Gasteiger partial charge in [0.15, 0.2) is 6.61 Å². The number of benzene rings is 3. The maximum absolute atomic E-state index is 13.3.